The van der Waals surface area contributed by atoms with Gasteiger partial charge in [0.15, 0.2) is 0 Å². The van der Waals surface area contributed by atoms with Gasteiger partial charge in [-0.2, -0.15) is 0 Å². The SMILES string of the molecule is CN(C)C(=O)c1ccc(S(=O)(=O)NCC2NCCc3ccccc32)cc1.Cl. The number of amides is 1. The standard InChI is InChI=1S/C19H23N3O3S.ClH/c1-22(2)19(23)15-7-9-16(10-8-15)26(24,25)21-13-18-17-6-4-3-5-14(17)11-12-20-18;/h3-10,18,20-21H,11-13H2,1-2H3;1H. The summed E-state index contributed by atoms with van der Waals surface area (Å²) in [5.41, 5.74) is 2.84. The highest BCUT2D eigenvalue weighted by atomic mass is 35.5. The van der Waals surface area contributed by atoms with Gasteiger partial charge in [0.05, 0.1) is 4.90 Å². The fourth-order valence-corrected chi connectivity index (χ4v) is 4.13. The largest absolute Gasteiger partial charge is 0.345 e. The number of carbonyl (C=O) groups is 1. The number of nitrogens with one attached hydrogen (secondary N) is 2. The maximum Gasteiger partial charge on any atom is 0.253 e. The third kappa shape index (κ3) is 4.87. The molecule has 27 heavy (non-hydrogen) atoms. The van der Waals surface area contributed by atoms with Gasteiger partial charge in [0, 0.05) is 32.2 Å². The Kier molecular flexibility index (Phi) is 7.00. The molecule has 0 saturated carbocycles. The van der Waals surface area contributed by atoms with Crippen LogP contribution in [0.25, 0.3) is 0 Å². The van der Waals surface area contributed by atoms with Gasteiger partial charge in [0.25, 0.3) is 5.91 Å². The lowest BCUT2D eigenvalue weighted by Crippen LogP contribution is -2.38. The Labute approximate surface area is 166 Å². The molecule has 3 rings (SSSR count). The number of carbonyl (C=O) groups excluding carboxylic acids is 1. The number of sulfonamides is 1. The Balaban J connectivity index is 0.00000261. The van der Waals surface area contributed by atoms with E-state index in [4.69, 9.17) is 0 Å². The minimum absolute atomic E-state index is 0. The summed E-state index contributed by atoms with van der Waals surface area (Å²) >= 11 is 0. The molecule has 2 N–H and O–H groups in total. The smallest absolute Gasteiger partial charge is 0.253 e. The summed E-state index contributed by atoms with van der Waals surface area (Å²) in [6.07, 6.45) is 0.945. The van der Waals surface area contributed by atoms with Gasteiger partial charge in [-0.3, -0.25) is 4.79 Å². The molecule has 1 aliphatic rings. The Bertz CT molecular complexity index is 899. The molecular weight excluding hydrogens is 386 g/mol. The van der Waals surface area contributed by atoms with Crippen LogP contribution < -0.4 is 10.0 Å². The van der Waals surface area contributed by atoms with Crippen LogP contribution in [-0.2, 0) is 16.4 Å². The number of nitrogens with zero attached hydrogens (tertiary/aromatic N) is 1. The summed E-state index contributed by atoms with van der Waals surface area (Å²) in [5, 5.41) is 3.36. The van der Waals surface area contributed by atoms with Crippen LogP contribution in [0.15, 0.2) is 53.4 Å². The maximum absolute atomic E-state index is 12.6. The zero-order valence-electron chi connectivity index (χ0n) is 15.3. The summed E-state index contributed by atoms with van der Waals surface area (Å²) < 4.78 is 27.8. The average molecular weight is 410 g/mol. The Morgan fingerprint density at radius 1 is 1.15 bits per heavy atom. The molecule has 1 heterocycles. The van der Waals surface area contributed by atoms with Crippen molar-refractivity contribution in [1.29, 1.82) is 0 Å². The molecule has 8 heteroatoms. The van der Waals surface area contributed by atoms with Crippen LogP contribution in [0.2, 0.25) is 0 Å². The van der Waals surface area contributed by atoms with Crippen LogP contribution in [0, 0.1) is 0 Å². The molecule has 6 nitrogen and oxygen atoms in total. The van der Waals surface area contributed by atoms with Crippen LogP contribution in [-0.4, -0.2) is 46.4 Å². The first-order chi connectivity index (χ1) is 12.4. The van der Waals surface area contributed by atoms with E-state index in [1.807, 2.05) is 18.2 Å². The van der Waals surface area contributed by atoms with Gasteiger partial charge in [0.1, 0.15) is 0 Å². The topological polar surface area (TPSA) is 78.5 Å². The van der Waals surface area contributed by atoms with E-state index >= 15 is 0 Å². The molecular formula is C19H24ClN3O3S. The number of hydrogen-bond donors (Lipinski definition) is 2. The highest BCUT2D eigenvalue weighted by molar-refractivity contribution is 7.89. The van der Waals surface area contributed by atoms with Crippen molar-refractivity contribution < 1.29 is 13.2 Å². The van der Waals surface area contributed by atoms with Crippen molar-refractivity contribution in [3.63, 3.8) is 0 Å². The van der Waals surface area contributed by atoms with E-state index in [2.05, 4.69) is 16.1 Å². The zero-order valence-corrected chi connectivity index (χ0v) is 16.9. The molecule has 146 valence electrons. The van der Waals surface area contributed by atoms with Crippen molar-refractivity contribution in [3.8, 4) is 0 Å². The third-order valence-corrected chi connectivity index (χ3v) is 5.95. The maximum atomic E-state index is 12.6. The normalized spacial score (nSPS) is 16.1. The number of rotatable bonds is 5. The lowest BCUT2D eigenvalue weighted by Gasteiger charge is -2.27. The molecule has 0 spiro atoms. The van der Waals surface area contributed by atoms with Gasteiger partial charge >= 0.3 is 0 Å². The molecule has 2 aromatic rings. The lowest BCUT2D eigenvalue weighted by atomic mass is 9.95. The van der Waals surface area contributed by atoms with Gasteiger partial charge in [-0.25, -0.2) is 13.1 Å². The average Bonchev–Trinajstić information content (AvgIpc) is 2.65. The fourth-order valence-electron chi connectivity index (χ4n) is 3.09. The van der Waals surface area contributed by atoms with Crippen molar-refractivity contribution >= 4 is 28.3 Å². The van der Waals surface area contributed by atoms with Crippen molar-refractivity contribution in [1.82, 2.24) is 14.9 Å². The molecule has 0 aromatic heterocycles. The molecule has 1 atom stereocenters. The van der Waals surface area contributed by atoms with Crippen LogP contribution in [0.3, 0.4) is 0 Å². The highest BCUT2D eigenvalue weighted by Crippen LogP contribution is 2.22. The Hall–Kier alpha value is -1.93. The molecule has 0 radical (unpaired) electrons. The van der Waals surface area contributed by atoms with Crippen molar-refractivity contribution in [2.75, 3.05) is 27.2 Å². The second-order valence-corrected chi connectivity index (χ2v) is 8.30. The number of hydrogen-bond acceptors (Lipinski definition) is 4. The van der Waals surface area contributed by atoms with Crippen molar-refractivity contribution in [2.24, 2.45) is 0 Å². The van der Waals surface area contributed by atoms with E-state index < -0.39 is 10.0 Å². The second kappa shape index (κ2) is 8.84. The Morgan fingerprint density at radius 3 is 2.48 bits per heavy atom. The van der Waals surface area contributed by atoms with Crippen molar-refractivity contribution in [2.45, 2.75) is 17.4 Å². The Morgan fingerprint density at radius 2 is 1.81 bits per heavy atom. The molecule has 0 fully saturated rings. The van der Waals surface area contributed by atoms with E-state index in [0.29, 0.717) is 5.56 Å². The minimum atomic E-state index is -3.64. The fraction of sp³-hybridized carbons (Fsp3) is 0.316. The van der Waals surface area contributed by atoms with Gasteiger partial charge in [-0.1, -0.05) is 24.3 Å². The molecule has 1 aliphatic heterocycles. The van der Waals surface area contributed by atoms with E-state index in [1.54, 1.807) is 14.1 Å². The zero-order chi connectivity index (χ0) is 18.7. The van der Waals surface area contributed by atoms with Crippen LogP contribution in [0.5, 0.6) is 0 Å². The van der Waals surface area contributed by atoms with Crippen LogP contribution >= 0.6 is 12.4 Å². The van der Waals surface area contributed by atoms with E-state index in [1.165, 1.54) is 34.7 Å². The lowest BCUT2D eigenvalue weighted by molar-refractivity contribution is 0.0827. The molecule has 0 bridgehead atoms. The van der Waals surface area contributed by atoms with Crippen molar-refractivity contribution in [3.05, 3.63) is 65.2 Å². The predicted molar refractivity (Wildman–Crippen MR) is 108 cm³/mol. The summed E-state index contributed by atoms with van der Waals surface area (Å²) in [5.74, 6) is -0.162. The molecule has 2 aromatic carbocycles. The first-order valence-corrected chi connectivity index (χ1v) is 9.99. The van der Waals surface area contributed by atoms with Gasteiger partial charge in [-0.15, -0.1) is 12.4 Å². The van der Waals surface area contributed by atoms with Gasteiger partial charge in [-0.05, 0) is 48.4 Å². The first kappa shape index (κ1) is 21.4. The number of benzene rings is 2. The third-order valence-electron chi connectivity index (χ3n) is 4.51. The quantitative estimate of drug-likeness (QED) is 0.791. The summed E-state index contributed by atoms with van der Waals surface area (Å²) in [7, 11) is -0.327. The summed E-state index contributed by atoms with van der Waals surface area (Å²) in [6, 6.07) is 14.0. The molecule has 0 saturated heterocycles. The van der Waals surface area contributed by atoms with E-state index in [9.17, 15) is 13.2 Å². The van der Waals surface area contributed by atoms with E-state index in [0.717, 1.165) is 18.5 Å². The summed E-state index contributed by atoms with van der Waals surface area (Å²) in [4.78, 5) is 13.5. The first-order valence-electron chi connectivity index (χ1n) is 8.51. The molecule has 1 amide bonds. The summed E-state index contributed by atoms with van der Waals surface area (Å²) in [6.45, 7) is 1.10. The van der Waals surface area contributed by atoms with E-state index in [-0.39, 0.29) is 35.8 Å². The predicted octanol–water partition coefficient (Wildman–Crippen LogP) is 1.98. The molecule has 1 unspecified atom stereocenters. The minimum Gasteiger partial charge on any atom is -0.345 e. The highest BCUT2D eigenvalue weighted by Gasteiger charge is 2.22. The second-order valence-electron chi connectivity index (χ2n) is 6.53. The number of halogens is 1. The number of fused-ring (bicyclic) bond motifs is 1. The van der Waals surface area contributed by atoms with Gasteiger partial charge < -0.3 is 10.2 Å². The van der Waals surface area contributed by atoms with Crippen LogP contribution in [0.1, 0.15) is 27.5 Å². The molecule has 0 aliphatic carbocycles. The van der Waals surface area contributed by atoms with Crippen LogP contribution in [0.4, 0.5) is 0 Å². The monoisotopic (exact) mass is 409 g/mol. The van der Waals surface area contributed by atoms with Gasteiger partial charge in [0.2, 0.25) is 10.0 Å².